The Morgan fingerprint density at radius 3 is 2.15 bits per heavy atom. The van der Waals surface area contributed by atoms with Gasteiger partial charge in [0.2, 0.25) is 0 Å². The van der Waals surface area contributed by atoms with Gasteiger partial charge in [-0.2, -0.15) is 0 Å². The number of morpholine rings is 1. The van der Waals surface area contributed by atoms with Crippen molar-refractivity contribution in [3.05, 3.63) is 35.4 Å². The molecule has 0 aromatic heterocycles. The van der Waals surface area contributed by atoms with Gasteiger partial charge >= 0.3 is 6.09 Å². The van der Waals surface area contributed by atoms with E-state index in [1.165, 1.54) is 0 Å². The van der Waals surface area contributed by atoms with Gasteiger partial charge in [0.25, 0.3) is 11.8 Å². The summed E-state index contributed by atoms with van der Waals surface area (Å²) in [6, 6.07) is 6.71. The number of carbonyl (C=O) groups is 3. The number of rotatable bonds is 2. The largest absolute Gasteiger partial charge is 0.447 e. The molecule has 0 saturated carbocycles. The fourth-order valence-electron chi connectivity index (χ4n) is 3.56. The van der Waals surface area contributed by atoms with Crippen molar-refractivity contribution >= 4 is 17.9 Å². The van der Waals surface area contributed by atoms with Crippen LogP contribution in [-0.2, 0) is 9.47 Å². The minimum atomic E-state index is -0.298. The van der Waals surface area contributed by atoms with E-state index in [-0.39, 0.29) is 23.9 Å². The number of fused-ring (bicyclic) bond motifs is 1. The predicted octanol–water partition coefficient (Wildman–Crippen LogP) is 0.436. The molecule has 3 fully saturated rings. The number of carbonyl (C=O) groups excluding carboxylic acids is 3. The number of cyclic esters (lactones) is 1. The van der Waals surface area contributed by atoms with Crippen LogP contribution in [0.3, 0.4) is 0 Å². The molecule has 26 heavy (non-hydrogen) atoms. The van der Waals surface area contributed by atoms with E-state index >= 15 is 0 Å². The predicted molar refractivity (Wildman–Crippen MR) is 90.9 cm³/mol. The first-order valence-electron chi connectivity index (χ1n) is 8.83. The van der Waals surface area contributed by atoms with E-state index < -0.39 is 0 Å². The number of benzene rings is 1. The van der Waals surface area contributed by atoms with E-state index in [1.54, 1.807) is 39.0 Å². The summed E-state index contributed by atoms with van der Waals surface area (Å²) in [6.45, 7) is 4.07. The third-order valence-corrected chi connectivity index (χ3v) is 5.08. The van der Waals surface area contributed by atoms with E-state index in [0.717, 1.165) is 0 Å². The third-order valence-electron chi connectivity index (χ3n) is 5.08. The zero-order valence-corrected chi connectivity index (χ0v) is 14.4. The van der Waals surface area contributed by atoms with E-state index in [2.05, 4.69) is 0 Å². The number of hydrogen-bond donors (Lipinski definition) is 0. The minimum absolute atomic E-state index is 0.0393. The van der Waals surface area contributed by atoms with Gasteiger partial charge in [0.15, 0.2) is 0 Å². The van der Waals surface area contributed by atoms with Crippen molar-refractivity contribution in [2.24, 2.45) is 0 Å². The van der Waals surface area contributed by atoms with Crippen LogP contribution in [-0.4, -0.2) is 91.2 Å². The maximum Gasteiger partial charge on any atom is 0.410 e. The van der Waals surface area contributed by atoms with Gasteiger partial charge in [-0.25, -0.2) is 4.79 Å². The van der Waals surface area contributed by atoms with Crippen molar-refractivity contribution in [2.45, 2.75) is 6.04 Å². The average molecular weight is 359 g/mol. The summed E-state index contributed by atoms with van der Waals surface area (Å²) in [7, 11) is 0. The standard InChI is InChI=1S/C18H21N3O5/c22-16(19-7-9-25-10-8-19)13-1-3-14(4-2-13)17(23)20-5-6-21-15(11-20)12-26-18(21)24/h1-4,15H,5-12H2/t15-/m1/s1. The molecule has 3 saturated heterocycles. The van der Waals surface area contributed by atoms with Crippen LogP contribution in [0, 0.1) is 0 Å². The van der Waals surface area contributed by atoms with Crippen LogP contribution in [0.5, 0.6) is 0 Å². The van der Waals surface area contributed by atoms with Crippen molar-refractivity contribution in [1.29, 1.82) is 0 Å². The second-order valence-corrected chi connectivity index (χ2v) is 6.66. The van der Waals surface area contributed by atoms with Gasteiger partial charge in [-0.1, -0.05) is 0 Å². The van der Waals surface area contributed by atoms with Crippen LogP contribution >= 0.6 is 0 Å². The molecule has 1 atom stereocenters. The monoisotopic (exact) mass is 359 g/mol. The molecule has 4 rings (SSSR count). The lowest BCUT2D eigenvalue weighted by molar-refractivity contribution is 0.0303. The Morgan fingerprint density at radius 1 is 0.885 bits per heavy atom. The number of ether oxygens (including phenoxy) is 2. The summed E-state index contributed by atoms with van der Waals surface area (Å²) >= 11 is 0. The molecule has 8 heteroatoms. The Hall–Kier alpha value is -2.61. The minimum Gasteiger partial charge on any atom is -0.447 e. The highest BCUT2D eigenvalue weighted by molar-refractivity contribution is 5.98. The molecule has 0 unspecified atom stereocenters. The lowest BCUT2D eigenvalue weighted by Crippen LogP contribution is -2.53. The summed E-state index contributed by atoms with van der Waals surface area (Å²) in [4.78, 5) is 41.9. The van der Waals surface area contributed by atoms with Crippen molar-refractivity contribution in [3.63, 3.8) is 0 Å². The molecule has 0 bridgehead atoms. The summed E-state index contributed by atoms with van der Waals surface area (Å²) in [5.74, 6) is -0.128. The third kappa shape index (κ3) is 3.12. The maximum atomic E-state index is 12.7. The summed E-state index contributed by atoms with van der Waals surface area (Å²) < 4.78 is 10.3. The first-order chi connectivity index (χ1) is 12.6. The maximum absolute atomic E-state index is 12.7. The molecule has 0 N–H and O–H groups in total. The molecule has 3 aliphatic rings. The highest BCUT2D eigenvalue weighted by Gasteiger charge is 2.38. The topological polar surface area (TPSA) is 79.4 Å². The van der Waals surface area contributed by atoms with E-state index in [4.69, 9.17) is 9.47 Å². The fraction of sp³-hybridized carbons (Fsp3) is 0.500. The Bertz CT molecular complexity index is 714. The highest BCUT2D eigenvalue weighted by Crippen LogP contribution is 2.20. The Morgan fingerprint density at radius 2 is 1.50 bits per heavy atom. The SMILES string of the molecule is O=C(c1ccc(C(=O)N2CCN3C(=O)OC[C@H]3C2)cc1)N1CCOCC1. The number of piperazine rings is 1. The smallest absolute Gasteiger partial charge is 0.410 e. The van der Waals surface area contributed by atoms with Crippen molar-refractivity contribution in [3.8, 4) is 0 Å². The number of amides is 3. The molecule has 3 amide bonds. The van der Waals surface area contributed by atoms with Gasteiger partial charge < -0.3 is 19.3 Å². The molecule has 0 aliphatic carbocycles. The molecule has 3 heterocycles. The molecule has 3 aliphatic heterocycles. The summed E-state index contributed by atoms with van der Waals surface area (Å²) in [5.41, 5.74) is 1.12. The molecular weight excluding hydrogens is 338 g/mol. The molecule has 0 radical (unpaired) electrons. The number of nitrogens with zero attached hydrogens (tertiary/aromatic N) is 3. The van der Waals surface area contributed by atoms with E-state index in [0.29, 0.717) is 63.7 Å². The number of hydrogen-bond acceptors (Lipinski definition) is 5. The van der Waals surface area contributed by atoms with Gasteiger partial charge in [-0.05, 0) is 24.3 Å². The van der Waals surface area contributed by atoms with Crippen LogP contribution in [0.25, 0.3) is 0 Å². The second kappa shape index (κ2) is 6.95. The van der Waals surface area contributed by atoms with Crippen molar-refractivity contribution in [2.75, 3.05) is 52.5 Å². The highest BCUT2D eigenvalue weighted by atomic mass is 16.6. The van der Waals surface area contributed by atoms with E-state index in [9.17, 15) is 14.4 Å². The molecule has 0 spiro atoms. The van der Waals surface area contributed by atoms with Crippen LogP contribution < -0.4 is 0 Å². The lowest BCUT2D eigenvalue weighted by atomic mass is 10.1. The van der Waals surface area contributed by atoms with Gasteiger partial charge in [-0.15, -0.1) is 0 Å². The average Bonchev–Trinajstić information content (AvgIpc) is 3.08. The van der Waals surface area contributed by atoms with Crippen LogP contribution in [0.1, 0.15) is 20.7 Å². The van der Waals surface area contributed by atoms with Crippen LogP contribution in [0.4, 0.5) is 4.79 Å². The Kier molecular flexibility index (Phi) is 4.50. The molecular formula is C18H21N3O5. The summed E-state index contributed by atoms with van der Waals surface area (Å²) in [5, 5.41) is 0. The first-order valence-corrected chi connectivity index (χ1v) is 8.83. The van der Waals surface area contributed by atoms with Crippen LogP contribution in [0.15, 0.2) is 24.3 Å². The lowest BCUT2D eigenvalue weighted by Gasteiger charge is -2.35. The quantitative estimate of drug-likeness (QED) is 0.765. The molecule has 1 aromatic rings. The zero-order valence-electron chi connectivity index (χ0n) is 14.4. The second-order valence-electron chi connectivity index (χ2n) is 6.66. The van der Waals surface area contributed by atoms with Crippen LogP contribution in [0.2, 0.25) is 0 Å². The first kappa shape index (κ1) is 16.8. The fourth-order valence-corrected chi connectivity index (χ4v) is 3.56. The van der Waals surface area contributed by atoms with Crippen molar-refractivity contribution in [1.82, 2.24) is 14.7 Å². The van der Waals surface area contributed by atoms with Gasteiger partial charge in [0.1, 0.15) is 6.61 Å². The van der Waals surface area contributed by atoms with Gasteiger partial charge in [-0.3, -0.25) is 14.5 Å². The molecule has 1 aromatic carbocycles. The van der Waals surface area contributed by atoms with Crippen molar-refractivity contribution < 1.29 is 23.9 Å². The van der Waals surface area contributed by atoms with Gasteiger partial charge in [0.05, 0.1) is 19.3 Å². The summed E-state index contributed by atoms with van der Waals surface area (Å²) in [6.07, 6.45) is -0.298. The Labute approximate surface area is 151 Å². The molecule has 8 nitrogen and oxygen atoms in total. The van der Waals surface area contributed by atoms with E-state index in [1.807, 2.05) is 0 Å². The zero-order chi connectivity index (χ0) is 18.1. The Balaban J connectivity index is 1.41. The normalized spacial score (nSPS) is 22.8. The molecule has 138 valence electrons. The van der Waals surface area contributed by atoms with Gasteiger partial charge in [0, 0.05) is 43.9 Å².